The van der Waals surface area contributed by atoms with E-state index in [1.165, 1.54) is 5.69 Å². The van der Waals surface area contributed by atoms with Crippen LogP contribution >= 0.6 is 15.9 Å². The van der Waals surface area contributed by atoms with Gasteiger partial charge in [0.1, 0.15) is 0 Å². The molecule has 0 atom stereocenters. The molecule has 1 aliphatic heterocycles. The van der Waals surface area contributed by atoms with Crippen LogP contribution in [0.25, 0.3) is 0 Å². The van der Waals surface area contributed by atoms with E-state index in [0.29, 0.717) is 6.10 Å². The van der Waals surface area contributed by atoms with Crippen molar-refractivity contribution < 1.29 is 4.74 Å². The van der Waals surface area contributed by atoms with Crippen LogP contribution in [0.4, 0.5) is 11.4 Å². The minimum atomic E-state index is 0.434. The number of nitrogen functional groups attached to an aromatic ring is 1. The molecule has 1 fully saturated rings. The van der Waals surface area contributed by atoms with Crippen molar-refractivity contribution in [3.05, 3.63) is 22.7 Å². The molecule has 1 aromatic rings. The molecule has 2 rings (SSSR count). The molecule has 0 aromatic heterocycles. The lowest BCUT2D eigenvalue weighted by atomic mass is 10.1. The summed E-state index contributed by atoms with van der Waals surface area (Å²) in [5.74, 6) is 0. The Morgan fingerprint density at radius 2 is 2.12 bits per heavy atom. The molecule has 0 bridgehead atoms. The second kappa shape index (κ2) is 5.74. The Kier molecular flexibility index (Phi) is 4.29. The van der Waals surface area contributed by atoms with E-state index < -0.39 is 0 Å². The van der Waals surface area contributed by atoms with Gasteiger partial charge < -0.3 is 15.4 Å². The molecule has 0 saturated carbocycles. The minimum Gasteiger partial charge on any atom is -0.399 e. The maximum atomic E-state index is 5.75. The molecule has 2 N–H and O–H groups in total. The maximum Gasteiger partial charge on any atom is 0.0608 e. The van der Waals surface area contributed by atoms with Gasteiger partial charge in [-0.1, -0.05) is 0 Å². The first-order valence-corrected chi connectivity index (χ1v) is 6.91. The summed E-state index contributed by atoms with van der Waals surface area (Å²) in [5.41, 5.74) is 7.78. The van der Waals surface area contributed by atoms with Crippen LogP contribution in [0.2, 0.25) is 0 Å². The van der Waals surface area contributed by atoms with Gasteiger partial charge in [0.05, 0.1) is 11.8 Å². The molecule has 0 spiro atoms. The first-order valence-electron chi connectivity index (χ1n) is 6.12. The van der Waals surface area contributed by atoms with E-state index in [9.17, 15) is 0 Å². The summed E-state index contributed by atoms with van der Waals surface area (Å²) in [4.78, 5) is 2.39. The van der Waals surface area contributed by atoms with E-state index in [2.05, 4.69) is 33.8 Å². The van der Waals surface area contributed by atoms with Gasteiger partial charge in [-0.2, -0.15) is 0 Å². The summed E-state index contributed by atoms with van der Waals surface area (Å²) in [6, 6.07) is 6.00. The van der Waals surface area contributed by atoms with E-state index in [1.807, 2.05) is 12.1 Å². The molecular formula is C13H19BrN2O. The number of halogens is 1. The molecule has 1 heterocycles. The van der Waals surface area contributed by atoms with Crippen LogP contribution in [0.5, 0.6) is 0 Å². The first-order chi connectivity index (χ1) is 8.20. The lowest BCUT2D eigenvalue weighted by molar-refractivity contribution is 0.0459. The van der Waals surface area contributed by atoms with Gasteiger partial charge in [0, 0.05) is 29.9 Å². The normalized spacial score (nSPS) is 17.4. The number of ether oxygens (including phenoxy) is 1. The van der Waals surface area contributed by atoms with Crippen LogP contribution in [-0.2, 0) is 4.74 Å². The standard InChI is InChI=1S/C13H19BrN2O/c1-2-17-11-5-7-16(8-6-11)13-4-3-10(15)9-12(13)14/h3-4,9,11H,2,5-8,15H2,1H3. The number of nitrogens with two attached hydrogens (primary N) is 1. The van der Waals surface area contributed by atoms with Gasteiger partial charge in [-0.25, -0.2) is 0 Å². The summed E-state index contributed by atoms with van der Waals surface area (Å²) in [7, 11) is 0. The molecule has 0 aliphatic carbocycles. The molecule has 1 aliphatic rings. The third kappa shape index (κ3) is 3.13. The van der Waals surface area contributed by atoms with E-state index >= 15 is 0 Å². The molecule has 3 nitrogen and oxygen atoms in total. The quantitative estimate of drug-likeness (QED) is 0.872. The zero-order valence-corrected chi connectivity index (χ0v) is 11.7. The average molecular weight is 299 g/mol. The van der Waals surface area contributed by atoms with Crippen LogP contribution in [-0.4, -0.2) is 25.8 Å². The van der Waals surface area contributed by atoms with Gasteiger partial charge in [0.2, 0.25) is 0 Å². The summed E-state index contributed by atoms with van der Waals surface area (Å²) in [5, 5.41) is 0. The fourth-order valence-electron chi connectivity index (χ4n) is 2.28. The van der Waals surface area contributed by atoms with Gasteiger partial charge >= 0.3 is 0 Å². The molecule has 17 heavy (non-hydrogen) atoms. The first kappa shape index (κ1) is 12.7. The van der Waals surface area contributed by atoms with Crippen molar-refractivity contribution in [2.75, 3.05) is 30.3 Å². The van der Waals surface area contributed by atoms with Gasteiger partial charge in [0.15, 0.2) is 0 Å². The van der Waals surface area contributed by atoms with Crippen molar-refractivity contribution in [2.45, 2.75) is 25.9 Å². The predicted octanol–water partition coefficient (Wildman–Crippen LogP) is 3.04. The Morgan fingerprint density at radius 3 is 2.71 bits per heavy atom. The van der Waals surface area contributed by atoms with Crippen LogP contribution in [0.15, 0.2) is 22.7 Å². The minimum absolute atomic E-state index is 0.434. The van der Waals surface area contributed by atoms with Crippen LogP contribution in [0, 0.1) is 0 Å². The molecule has 1 saturated heterocycles. The lowest BCUT2D eigenvalue weighted by Gasteiger charge is -2.34. The van der Waals surface area contributed by atoms with Crippen LogP contribution in [0.3, 0.4) is 0 Å². The Morgan fingerprint density at radius 1 is 1.41 bits per heavy atom. The van der Waals surface area contributed by atoms with Gasteiger partial charge in [-0.05, 0) is 53.9 Å². The summed E-state index contributed by atoms with van der Waals surface area (Å²) < 4.78 is 6.73. The molecular weight excluding hydrogens is 280 g/mol. The van der Waals surface area contributed by atoms with E-state index in [4.69, 9.17) is 10.5 Å². The summed E-state index contributed by atoms with van der Waals surface area (Å²) in [6.45, 7) is 4.97. The van der Waals surface area contributed by atoms with Crippen molar-refractivity contribution in [1.82, 2.24) is 0 Å². The highest BCUT2D eigenvalue weighted by atomic mass is 79.9. The molecule has 0 radical (unpaired) electrons. The van der Waals surface area contributed by atoms with Crippen LogP contribution < -0.4 is 10.6 Å². The fourth-order valence-corrected chi connectivity index (χ4v) is 2.93. The predicted molar refractivity (Wildman–Crippen MR) is 75.4 cm³/mol. The van der Waals surface area contributed by atoms with Crippen molar-refractivity contribution in [3.8, 4) is 0 Å². The highest BCUT2D eigenvalue weighted by Gasteiger charge is 2.20. The van der Waals surface area contributed by atoms with Crippen molar-refractivity contribution >= 4 is 27.3 Å². The highest BCUT2D eigenvalue weighted by Crippen LogP contribution is 2.30. The third-order valence-electron chi connectivity index (χ3n) is 3.16. The van der Waals surface area contributed by atoms with E-state index in [0.717, 1.165) is 42.7 Å². The number of benzene rings is 1. The lowest BCUT2D eigenvalue weighted by Crippen LogP contribution is -2.37. The Bertz CT molecular complexity index is 376. The number of hydrogen-bond acceptors (Lipinski definition) is 3. The fraction of sp³-hybridized carbons (Fsp3) is 0.538. The largest absolute Gasteiger partial charge is 0.399 e. The number of rotatable bonds is 3. The van der Waals surface area contributed by atoms with Gasteiger partial charge in [0.25, 0.3) is 0 Å². The maximum absolute atomic E-state index is 5.75. The van der Waals surface area contributed by atoms with E-state index in [-0.39, 0.29) is 0 Å². The van der Waals surface area contributed by atoms with Gasteiger partial charge in [-0.3, -0.25) is 0 Å². The Hall–Kier alpha value is -0.740. The molecule has 1 aromatic carbocycles. The Labute approximate surface area is 111 Å². The number of nitrogens with zero attached hydrogens (tertiary/aromatic N) is 1. The number of piperidine rings is 1. The highest BCUT2D eigenvalue weighted by molar-refractivity contribution is 9.10. The molecule has 94 valence electrons. The van der Waals surface area contributed by atoms with Crippen molar-refractivity contribution in [3.63, 3.8) is 0 Å². The zero-order chi connectivity index (χ0) is 12.3. The SMILES string of the molecule is CCOC1CCN(c2ccc(N)cc2Br)CC1. The average Bonchev–Trinajstić information content (AvgIpc) is 2.31. The third-order valence-corrected chi connectivity index (χ3v) is 3.79. The molecule has 4 heteroatoms. The number of hydrogen-bond donors (Lipinski definition) is 1. The topological polar surface area (TPSA) is 38.5 Å². The molecule has 0 amide bonds. The summed E-state index contributed by atoms with van der Waals surface area (Å²) in [6.07, 6.45) is 2.64. The van der Waals surface area contributed by atoms with Crippen LogP contribution in [0.1, 0.15) is 19.8 Å². The smallest absolute Gasteiger partial charge is 0.0608 e. The second-order valence-corrected chi connectivity index (χ2v) is 5.21. The number of anilines is 2. The monoisotopic (exact) mass is 298 g/mol. The summed E-state index contributed by atoms with van der Waals surface area (Å²) >= 11 is 3.58. The van der Waals surface area contributed by atoms with Crippen molar-refractivity contribution in [2.24, 2.45) is 0 Å². The van der Waals surface area contributed by atoms with E-state index in [1.54, 1.807) is 0 Å². The zero-order valence-electron chi connectivity index (χ0n) is 10.2. The Balaban J connectivity index is 2.00. The van der Waals surface area contributed by atoms with Crippen molar-refractivity contribution in [1.29, 1.82) is 0 Å². The second-order valence-electron chi connectivity index (χ2n) is 4.35. The molecule has 0 unspecified atom stereocenters. The van der Waals surface area contributed by atoms with Gasteiger partial charge in [-0.15, -0.1) is 0 Å².